The SMILES string of the molecule is COc1cc2nc(N3CCCN(C(=O)NC4CCCCC4)CC3)nc(N)c2cc1OC. The molecule has 1 aliphatic heterocycles. The van der Waals surface area contributed by atoms with Crippen molar-refractivity contribution >= 4 is 28.7 Å². The molecular weight excluding hydrogens is 396 g/mol. The normalized spacial score (nSPS) is 18.0. The molecule has 0 radical (unpaired) electrons. The lowest BCUT2D eigenvalue weighted by molar-refractivity contribution is 0.193. The number of nitrogens with two attached hydrogens (primary N) is 1. The number of methoxy groups -OCH3 is 2. The summed E-state index contributed by atoms with van der Waals surface area (Å²) >= 11 is 0. The Labute approximate surface area is 182 Å². The summed E-state index contributed by atoms with van der Waals surface area (Å²) in [6, 6.07) is 3.98. The average molecular weight is 429 g/mol. The number of nitrogen functional groups attached to an aromatic ring is 1. The maximum absolute atomic E-state index is 12.7. The van der Waals surface area contributed by atoms with Crippen molar-refractivity contribution in [2.24, 2.45) is 0 Å². The van der Waals surface area contributed by atoms with Gasteiger partial charge in [0.2, 0.25) is 5.95 Å². The first-order valence-corrected chi connectivity index (χ1v) is 11.1. The summed E-state index contributed by atoms with van der Waals surface area (Å²) < 4.78 is 10.8. The van der Waals surface area contributed by atoms with Gasteiger partial charge in [-0.3, -0.25) is 0 Å². The van der Waals surface area contributed by atoms with Gasteiger partial charge in [0.05, 0.1) is 19.7 Å². The van der Waals surface area contributed by atoms with Gasteiger partial charge in [0.15, 0.2) is 11.5 Å². The Morgan fingerprint density at radius 3 is 2.48 bits per heavy atom. The number of benzene rings is 1. The van der Waals surface area contributed by atoms with Gasteiger partial charge in [-0.1, -0.05) is 19.3 Å². The minimum absolute atomic E-state index is 0.0459. The second-order valence-electron chi connectivity index (χ2n) is 8.25. The molecule has 0 spiro atoms. The molecule has 4 rings (SSSR count). The van der Waals surface area contributed by atoms with Crippen molar-refractivity contribution in [3.63, 3.8) is 0 Å². The third-order valence-electron chi connectivity index (χ3n) is 6.22. The van der Waals surface area contributed by atoms with Crippen molar-refractivity contribution < 1.29 is 14.3 Å². The van der Waals surface area contributed by atoms with Crippen LogP contribution in [0.25, 0.3) is 10.9 Å². The zero-order valence-corrected chi connectivity index (χ0v) is 18.4. The highest BCUT2D eigenvalue weighted by molar-refractivity contribution is 5.91. The molecule has 9 heteroatoms. The Bertz CT molecular complexity index is 931. The second kappa shape index (κ2) is 9.45. The number of aromatic nitrogens is 2. The number of hydrogen-bond acceptors (Lipinski definition) is 7. The first-order valence-electron chi connectivity index (χ1n) is 11.1. The summed E-state index contributed by atoms with van der Waals surface area (Å²) in [5.41, 5.74) is 6.95. The van der Waals surface area contributed by atoms with Crippen molar-refractivity contribution in [2.45, 2.75) is 44.6 Å². The van der Waals surface area contributed by atoms with E-state index in [0.717, 1.165) is 37.7 Å². The summed E-state index contributed by atoms with van der Waals surface area (Å²) in [4.78, 5) is 26.0. The Morgan fingerprint density at radius 2 is 1.74 bits per heavy atom. The van der Waals surface area contributed by atoms with Gasteiger partial charge in [0.25, 0.3) is 0 Å². The molecule has 1 saturated heterocycles. The molecule has 2 aliphatic rings. The number of fused-ring (bicyclic) bond motifs is 1. The molecule has 1 aromatic heterocycles. The molecule has 31 heavy (non-hydrogen) atoms. The fourth-order valence-corrected chi connectivity index (χ4v) is 4.44. The molecule has 1 saturated carbocycles. The minimum atomic E-state index is 0.0459. The lowest BCUT2D eigenvalue weighted by atomic mass is 9.96. The Balaban J connectivity index is 1.47. The van der Waals surface area contributed by atoms with Crippen LogP contribution in [0.3, 0.4) is 0 Å². The highest BCUT2D eigenvalue weighted by Gasteiger charge is 2.24. The van der Waals surface area contributed by atoms with Crippen LogP contribution in [-0.4, -0.2) is 67.3 Å². The molecule has 9 nitrogen and oxygen atoms in total. The predicted molar refractivity (Wildman–Crippen MR) is 121 cm³/mol. The number of rotatable bonds is 4. The van der Waals surface area contributed by atoms with Crippen LogP contribution in [0, 0.1) is 0 Å². The highest BCUT2D eigenvalue weighted by Crippen LogP contribution is 2.34. The number of nitrogens with zero attached hydrogens (tertiary/aromatic N) is 4. The van der Waals surface area contributed by atoms with Crippen molar-refractivity contribution in [3.8, 4) is 11.5 Å². The van der Waals surface area contributed by atoms with Crippen LogP contribution in [0.2, 0.25) is 0 Å². The summed E-state index contributed by atoms with van der Waals surface area (Å²) in [5, 5.41) is 3.95. The van der Waals surface area contributed by atoms with Gasteiger partial charge < -0.3 is 30.3 Å². The number of carbonyl (C=O) groups is 1. The van der Waals surface area contributed by atoms with Crippen molar-refractivity contribution in [1.82, 2.24) is 20.2 Å². The zero-order valence-electron chi connectivity index (χ0n) is 18.4. The number of hydrogen-bond donors (Lipinski definition) is 2. The van der Waals surface area contributed by atoms with E-state index in [1.165, 1.54) is 19.3 Å². The number of ether oxygens (including phenoxy) is 2. The molecule has 0 unspecified atom stereocenters. The van der Waals surface area contributed by atoms with Crippen LogP contribution in [-0.2, 0) is 0 Å². The second-order valence-corrected chi connectivity index (χ2v) is 8.25. The number of anilines is 2. The minimum Gasteiger partial charge on any atom is -0.493 e. The van der Waals surface area contributed by atoms with Gasteiger partial charge in [-0.2, -0.15) is 4.98 Å². The van der Waals surface area contributed by atoms with Gasteiger partial charge in [0.1, 0.15) is 5.82 Å². The maximum atomic E-state index is 12.7. The van der Waals surface area contributed by atoms with E-state index in [0.29, 0.717) is 47.9 Å². The van der Waals surface area contributed by atoms with Gasteiger partial charge in [-0.05, 0) is 25.3 Å². The van der Waals surface area contributed by atoms with E-state index in [-0.39, 0.29) is 6.03 Å². The first kappa shape index (κ1) is 21.3. The van der Waals surface area contributed by atoms with Crippen LogP contribution in [0.4, 0.5) is 16.6 Å². The lowest BCUT2D eigenvalue weighted by Crippen LogP contribution is -2.46. The van der Waals surface area contributed by atoms with Crippen LogP contribution in [0.15, 0.2) is 12.1 Å². The van der Waals surface area contributed by atoms with E-state index in [9.17, 15) is 4.79 Å². The Hall–Kier alpha value is -2.97. The third-order valence-corrected chi connectivity index (χ3v) is 6.22. The van der Waals surface area contributed by atoms with E-state index < -0.39 is 0 Å². The van der Waals surface area contributed by atoms with Gasteiger partial charge in [0, 0.05) is 43.7 Å². The Morgan fingerprint density at radius 1 is 1.00 bits per heavy atom. The molecule has 1 aliphatic carbocycles. The maximum Gasteiger partial charge on any atom is 0.317 e. The van der Waals surface area contributed by atoms with Crippen LogP contribution in [0.5, 0.6) is 11.5 Å². The predicted octanol–water partition coefficient (Wildman–Crippen LogP) is 2.78. The quantitative estimate of drug-likeness (QED) is 0.771. The largest absolute Gasteiger partial charge is 0.493 e. The molecular formula is C22H32N6O3. The number of nitrogens with one attached hydrogen (secondary N) is 1. The van der Waals surface area contributed by atoms with Gasteiger partial charge in [-0.15, -0.1) is 0 Å². The lowest BCUT2D eigenvalue weighted by Gasteiger charge is -2.27. The smallest absolute Gasteiger partial charge is 0.317 e. The summed E-state index contributed by atoms with van der Waals surface area (Å²) in [6.07, 6.45) is 6.71. The zero-order chi connectivity index (χ0) is 21.8. The summed E-state index contributed by atoms with van der Waals surface area (Å²) in [5.74, 6) is 2.16. The molecule has 3 N–H and O–H groups in total. The third kappa shape index (κ3) is 4.70. The topological polar surface area (TPSA) is 106 Å². The molecule has 2 aromatic rings. The fourth-order valence-electron chi connectivity index (χ4n) is 4.44. The standard InChI is InChI=1S/C22H32N6O3/c1-30-18-13-16-17(14-19(18)31-2)25-21(26-20(16)23)27-9-6-10-28(12-11-27)22(29)24-15-7-4-3-5-8-15/h13-15H,3-12H2,1-2H3,(H,24,29)(H2,23,25,26). The summed E-state index contributed by atoms with van der Waals surface area (Å²) in [6.45, 7) is 2.79. The van der Waals surface area contributed by atoms with E-state index >= 15 is 0 Å². The molecule has 168 valence electrons. The van der Waals surface area contributed by atoms with Gasteiger partial charge >= 0.3 is 6.03 Å². The van der Waals surface area contributed by atoms with Crippen molar-refractivity contribution in [2.75, 3.05) is 51.0 Å². The van der Waals surface area contributed by atoms with Crippen LogP contribution >= 0.6 is 0 Å². The van der Waals surface area contributed by atoms with Crippen molar-refractivity contribution in [1.29, 1.82) is 0 Å². The Kier molecular flexibility index (Phi) is 6.48. The molecule has 0 bridgehead atoms. The summed E-state index contributed by atoms with van der Waals surface area (Å²) in [7, 11) is 3.18. The molecule has 1 aromatic carbocycles. The number of urea groups is 1. The van der Waals surface area contributed by atoms with E-state index in [1.54, 1.807) is 20.3 Å². The van der Waals surface area contributed by atoms with Crippen molar-refractivity contribution in [3.05, 3.63) is 12.1 Å². The molecule has 2 amide bonds. The number of amides is 2. The van der Waals surface area contributed by atoms with Crippen LogP contribution < -0.4 is 25.4 Å². The highest BCUT2D eigenvalue weighted by atomic mass is 16.5. The fraction of sp³-hybridized carbons (Fsp3) is 0.591. The van der Waals surface area contributed by atoms with E-state index in [2.05, 4.69) is 15.2 Å². The number of carbonyl (C=O) groups excluding carboxylic acids is 1. The monoisotopic (exact) mass is 428 g/mol. The van der Waals surface area contributed by atoms with Gasteiger partial charge in [-0.25, -0.2) is 9.78 Å². The molecule has 2 fully saturated rings. The van der Waals surface area contributed by atoms with Crippen LogP contribution in [0.1, 0.15) is 38.5 Å². The average Bonchev–Trinajstić information content (AvgIpc) is 3.05. The molecule has 0 atom stereocenters. The van der Waals surface area contributed by atoms with E-state index in [1.807, 2.05) is 11.0 Å². The van der Waals surface area contributed by atoms with E-state index in [4.69, 9.17) is 20.2 Å². The first-order chi connectivity index (χ1) is 15.1. The molecule has 2 heterocycles.